The van der Waals surface area contributed by atoms with Crippen LogP contribution in [0.25, 0.3) is 0 Å². The molecule has 8 nitrogen and oxygen atoms in total. The summed E-state index contributed by atoms with van der Waals surface area (Å²) in [4.78, 5) is 23.4. The summed E-state index contributed by atoms with van der Waals surface area (Å²) in [5, 5.41) is 14.3. The van der Waals surface area contributed by atoms with E-state index in [0.29, 0.717) is 23.8 Å². The summed E-state index contributed by atoms with van der Waals surface area (Å²) in [5.41, 5.74) is 0.838. The minimum Gasteiger partial charge on any atom is -0.491 e. The zero-order chi connectivity index (χ0) is 18.5. The van der Waals surface area contributed by atoms with Crippen LogP contribution in [0.2, 0.25) is 0 Å². The minimum absolute atomic E-state index is 0.0308. The highest BCUT2D eigenvalue weighted by Crippen LogP contribution is 2.35. The summed E-state index contributed by atoms with van der Waals surface area (Å²) in [6, 6.07) is 5.15. The number of aryl methyl sites for hydroxylation is 1. The molecule has 0 saturated carbocycles. The van der Waals surface area contributed by atoms with Crippen molar-refractivity contribution in [3.05, 3.63) is 38.9 Å². The number of carbonyl (C=O) groups excluding carboxylic acids is 1. The van der Waals surface area contributed by atoms with E-state index in [0.717, 1.165) is 17.0 Å². The Morgan fingerprint density at radius 2 is 2.23 bits per heavy atom. The summed E-state index contributed by atoms with van der Waals surface area (Å²) in [6.07, 6.45) is -0.678. The molecule has 1 aromatic carbocycles. The fourth-order valence-corrected chi connectivity index (χ4v) is 3.19. The fraction of sp³-hybridized carbons (Fsp3) is 0.412. The van der Waals surface area contributed by atoms with E-state index < -0.39 is 6.10 Å². The van der Waals surface area contributed by atoms with E-state index in [-0.39, 0.29) is 37.1 Å². The highest BCUT2D eigenvalue weighted by Gasteiger charge is 2.15. The molecule has 0 spiro atoms. The lowest BCUT2D eigenvalue weighted by atomic mass is 10.3. The smallest absolute Gasteiger partial charge is 0.307 e. The van der Waals surface area contributed by atoms with Gasteiger partial charge in [-0.05, 0) is 19.1 Å². The second-order valence-electron chi connectivity index (χ2n) is 5.83. The Morgan fingerprint density at radius 3 is 3.00 bits per heavy atom. The van der Waals surface area contributed by atoms with Crippen molar-refractivity contribution in [2.24, 2.45) is 0 Å². The summed E-state index contributed by atoms with van der Waals surface area (Å²) in [5.74, 6) is 1.57. The highest BCUT2D eigenvalue weighted by atomic mass is 32.1. The number of ether oxygens (including phenoxy) is 3. The van der Waals surface area contributed by atoms with Crippen LogP contribution in [0.3, 0.4) is 0 Å². The Labute approximate surface area is 153 Å². The highest BCUT2D eigenvalue weighted by molar-refractivity contribution is 7.07. The molecule has 9 heteroatoms. The maximum absolute atomic E-state index is 11.9. The molecule has 0 radical (unpaired) electrons. The number of thiazole rings is 1. The monoisotopic (exact) mass is 380 g/mol. The van der Waals surface area contributed by atoms with Crippen LogP contribution in [0, 0.1) is 6.92 Å². The summed E-state index contributed by atoms with van der Waals surface area (Å²) in [6.45, 7) is 2.44. The van der Waals surface area contributed by atoms with Gasteiger partial charge in [-0.1, -0.05) is 11.3 Å². The fourth-order valence-electron chi connectivity index (χ4n) is 2.43. The average molecular weight is 380 g/mol. The number of benzene rings is 1. The standard InChI is InChI=1S/C17H20N2O6S/c1-11-9-26-17(22)19(11)5-4-16(21)18-7-12(20)8-23-13-2-3-14-15(6-13)25-10-24-14/h2-3,6,9,12,20H,4-5,7-8,10H2,1H3,(H,18,21). The molecule has 0 fully saturated rings. The SMILES string of the molecule is Cc1csc(=O)n1CCC(=O)NCC(O)COc1ccc2c(c1)OCO2. The molecular weight excluding hydrogens is 360 g/mol. The van der Waals surface area contributed by atoms with Gasteiger partial charge >= 0.3 is 4.87 Å². The van der Waals surface area contributed by atoms with Gasteiger partial charge in [0.05, 0.1) is 0 Å². The van der Waals surface area contributed by atoms with Crippen molar-refractivity contribution < 1.29 is 24.1 Å². The normalized spacial score (nSPS) is 13.5. The van der Waals surface area contributed by atoms with Crippen LogP contribution in [0.4, 0.5) is 0 Å². The molecule has 1 aliphatic rings. The molecule has 0 bridgehead atoms. The lowest BCUT2D eigenvalue weighted by Crippen LogP contribution is -2.36. The number of nitrogens with one attached hydrogen (secondary N) is 1. The third kappa shape index (κ3) is 4.55. The number of hydrogen-bond acceptors (Lipinski definition) is 7. The van der Waals surface area contributed by atoms with Gasteiger partial charge < -0.3 is 29.2 Å². The van der Waals surface area contributed by atoms with Crippen molar-refractivity contribution in [2.75, 3.05) is 19.9 Å². The first-order valence-electron chi connectivity index (χ1n) is 8.15. The number of fused-ring (bicyclic) bond motifs is 1. The van der Waals surface area contributed by atoms with Gasteiger partial charge in [0.25, 0.3) is 0 Å². The van der Waals surface area contributed by atoms with E-state index in [4.69, 9.17) is 14.2 Å². The van der Waals surface area contributed by atoms with Crippen molar-refractivity contribution in [3.63, 3.8) is 0 Å². The Balaban J connectivity index is 1.37. The lowest BCUT2D eigenvalue weighted by molar-refractivity contribution is -0.121. The number of aliphatic hydroxyl groups is 1. The van der Waals surface area contributed by atoms with Gasteiger partial charge in [0.1, 0.15) is 18.5 Å². The van der Waals surface area contributed by atoms with Gasteiger partial charge in [-0.3, -0.25) is 9.59 Å². The van der Waals surface area contributed by atoms with Crippen molar-refractivity contribution >= 4 is 17.2 Å². The van der Waals surface area contributed by atoms with Crippen LogP contribution < -0.4 is 24.4 Å². The topological polar surface area (TPSA) is 99.0 Å². The van der Waals surface area contributed by atoms with Crippen LogP contribution in [-0.2, 0) is 11.3 Å². The Kier molecular flexibility index (Phi) is 5.79. The Hall–Kier alpha value is -2.52. The number of aliphatic hydroxyl groups excluding tert-OH is 1. The summed E-state index contributed by atoms with van der Waals surface area (Å²) in [7, 11) is 0. The number of rotatable bonds is 8. The van der Waals surface area contributed by atoms with Gasteiger partial charge in [-0.25, -0.2) is 0 Å². The summed E-state index contributed by atoms with van der Waals surface area (Å²) >= 11 is 1.12. The zero-order valence-electron chi connectivity index (χ0n) is 14.3. The maximum atomic E-state index is 11.9. The van der Waals surface area contributed by atoms with E-state index in [1.807, 2.05) is 6.92 Å². The average Bonchev–Trinajstić information content (AvgIpc) is 3.22. The van der Waals surface area contributed by atoms with Crippen LogP contribution in [0.5, 0.6) is 17.2 Å². The number of carbonyl (C=O) groups is 1. The van der Waals surface area contributed by atoms with Crippen molar-refractivity contribution in [1.29, 1.82) is 0 Å². The molecule has 1 atom stereocenters. The van der Waals surface area contributed by atoms with Crippen molar-refractivity contribution in [2.45, 2.75) is 26.0 Å². The number of hydrogen-bond donors (Lipinski definition) is 2. The van der Waals surface area contributed by atoms with Gasteiger partial charge in [0.15, 0.2) is 11.5 Å². The van der Waals surface area contributed by atoms with E-state index in [2.05, 4.69) is 5.32 Å². The zero-order valence-corrected chi connectivity index (χ0v) is 15.1. The second kappa shape index (κ2) is 8.24. The molecule has 1 aromatic heterocycles. The van der Waals surface area contributed by atoms with Crippen molar-refractivity contribution in [3.8, 4) is 17.2 Å². The first-order chi connectivity index (χ1) is 12.5. The van der Waals surface area contributed by atoms with Crippen molar-refractivity contribution in [1.82, 2.24) is 9.88 Å². The molecule has 2 heterocycles. The van der Waals surface area contributed by atoms with Gasteiger partial charge in [0.2, 0.25) is 12.7 Å². The van der Waals surface area contributed by atoms with Crippen LogP contribution in [0.15, 0.2) is 28.4 Å². The van der Waals surface area contributed by atoms with Gasteiger partial charge in [-0.2, -0.15) is 0 Å². The second-order valence-corrected chi connectivity index (χ2v) is 6.65. The Bertz CT molecular complexity index is 831. The van der Waals surface area contributed by atoms with Crippen LogP contribution in [-0.4, -0.2) is 41.6 Å². The predicted molar refractivity (Wildman–Crippen MR) is 95.0 cm³/mol. The molecule has 0 aliphatic carbocycles. The van der Waals surface area contributed by atoms with Gasteiger partial charge in [0, 0.05) is 36.7 Å². The van der Waals surface area contributed by atoms with E-state index >= 15 is 0 Å². The summed E-state index contributed by atoms with van der Waals surface area (Å²) < 4.78 is 17.5. The molecule has 26 heavy (non-hydrogen) atoms. The predicted octanol–water partition coefficient (Wildman–Crippen LogP) is 0.893. The molecule has 0 saturated heterocycles. The third-order valence-corrected chi connectivity index (χ3v) is 4.74. The van der Waals surface area contributed by atoms with E-state index in [1.54, 1.807) is 28.1 Å². The lowest BCUT2D eigenvalue weighted by Gasteiger charge is -2.14. The third-order valence-electron chi connectivity index (χ3n) is 3.86. The first kappa shape index (κ1) is 18.3. The van der Waals surface area contributed by atoms with Gasteiger partial charge in [-0.15, -0.1) is 0 Å². The molecular formula is C17H20N2O6S. The van der Waals surface area contributed by atoms with E-state index in [9.17, 15) is 14.7 Å². The Morgan fingerprint density at radius 1 is 1.42 bits per heavy atom. The van der Waals surface area contributed by atoms with E-state index in [1.165, 1.54) is 0 Å². The molecule has 2 aromatic rings. The maximum Gasteiger partial charge on any atom is 0.307 e. The van der Waals surface area contributed by atoms with Crippen LogP contribution in [0.1, 0.15) is 12.1 Å². The number of amides is 1. The number of aromatic nitrogens is 1. The van der Waals surface area contributed by atoms with Crippen LogP contribution >= 0.6 is 11.3 Å². The molecule has 2 N–H and O–H groups in total. The molecule has 3 rings (SSSR count). The minimum atomic E-state index is -0.852. The first-order valence-corrected chi connectivity index (χ1v) is 9.03. The number of nitrogens with zero attached hydrogens (tertiary/aromatic N) is 1. The molecule has 140 valence electrons. The quantitative estimate of drug-likeness (QED) is 0.706. The molecule has 1 unspecified atom stereocenters. The largest absolute Gasteiger partial charge is 0.491 e. The molecule has 1 aliphatic heterocycles. The molecule has 1 amide bonds.